The van der Waals surface area contributed by atoms with E-state index in [4.69, 9.17) is 11.6 Å². The van der Waals surface area contributed by atoms with Crippen LogP contribution in [0.4, 0.5) is 5.69 Å². The van der Waals surface area contributed by atoms with Gasteiger partial charge < -0.3 is 5.32 Å². The van der Waals surface area contributed by atoms with Crippen molar-refractivity contribution in [2.24, 2.45) is 0 Å². The summed E-state index contributed by atoms with van der Waals surface area (Å²) in [6.45, 7) is 5.88. The summed E-state index contributed by atoms with van der Waals surface area (Å²) in [5.74, 6) is 0. The molecule has 1 saturated heterocycles. The third kappa shape index (κ3) is 4.04. The third-order valence-electron chi connectivity index (χ3n) is 3.23. The van der Waals surface area contributed by atoms with Gasteiger partial charge in [0.15, 0.2) is 0 Å². The van der Waals surface area contributed by atoms with Crippen LogP contribution in [-0.2, 0) is 6.54 Å². The second-order valence-electron chi connectivity index (χ2n) is 4.57. The van der Waals surface area contributed by atoms with Gasteiger partial charge in [-0.1, -0.05) is 17.7 Å². The Labute approximate surface area is 123 Å². The monoisotopic (exact) mass is 305 g/mol. The Morgan fingerprint density at radius 3 is 2.89 bits per heavy atom. The lowest BCUT2D eigenvalue weighted by molar-refractivity contribution is -0.384. The van der Waals surface area contributed by atoms with E-state index in [0.29, 0.717) is 6.04 Å². The first kappa shape index (κ1) is 16.2. The molecule has 1 aliphatic heterocycles. The van der Waals surface area contributed by atoms with Crippen molar-refractivity contribution in [3.8, 4) is 0 Å². The molecule has 0 spiro atoms. The first-order chi connectivity index (χ1) is 8.58. The van der Waals surface area contributed by atoms with Crippen LogP contribution in [0.3, 0.4) is 0 Å². The molecule has 0 radical (unpaired) electrons. The SMILES string of the molecule is C[C@H]1CNCCN1Cc1ccc([N+](=O)[O-])c(Cl)c1.Cl. The zero-order valence-corrected chi connectivity index (χ0v) is 12.2. The molecule has 1 fully saturated rings. The van der Waals surface area contributed by atoms with Crippen LogP contribution in [0.25, 0.3) is 0 Å². The number of nitrogens with zero attached hydrogens (tertiary/aromatic N) is 2. The van der Waals surface area contributed by atoms with E-state index in [0.717, 1.165) is 31.7 Å². The largest absolute Gasteiger partial charge is 0.314 e. The number of hydrogen-bond donors (Lipinski definition) is 1. The fourth-order valence-corrected chi connectivity index (χ4v) is 2.42. The molecule has 0 amide bonds. The first-order valence-corrected chi connectivity index (χ1v) is 6.33. The van der Waals surface area contributed by atoms with Gasteiger partial charge in [-0.3, -0.25) is 15.0 Å². The molecule has 1 aromatic carbocycles. The molecule has 1 atom stereocenters. The molecule has 0 aliphatic carbocycles. The Morgan fingerprint density at radius 2 is 2.32 bits per heavy atom. The molecule has 106 valence electrons. The summed E-state index contributed by atoms with van der Waals surface area (Å²) in [6.07, 6.45) is 0. The minimum absolute atomic E-state index is 0. The molecule has 0 aromatic heterocycles. The van der Waals surface area contributed by atoms with Gasteiger partial charge in [-0.05, 0) is 18.6 Å². The van der Waals surface area contributed by atoms with Crippen molar-refractivity contribution in [1.82, 2.24) is 10.2 Å². The molecule has 1 aromatic rings. The molecule has 0 saturated carbocycles. The van der Waals surface area contributed by atoms with Crippen LogP contribution >= 0.6 is 24.0 Å². The highest BCUT2D eigenvalue weighted by Gasteiger charge is 2.19. The molecule has 0 unspecified atom stereocenters. The van der Waals surface area contributed by atoms with Crippen molar-refractivity contribution in [2.45, 2.75) is 19.5 Å². The van der Waals surface area contributed by atoms with Crippen LogP contribution < -0.4 is 5.32 Å². The van der Waals surface area contributed by atoms with Gasteiger partial charge in [0.05, 0.1) is 4.92 Å². The number of halogens is 2. The van der Waals surface area contributed by atoms with Crippen molar-refractivity contribution in [3.05, 3.63) is 38.9 Å². The van der Waals surface area contributed by atoms with Gasteiger partial charge in [0, 0.05) is 38.3 Å². The molecule has 1 N–H and O–H groups in total. The fourth-order valence-electron chi connectivity index (χ4n) is 2.15. The minimum Gasteiger partial charge on any atom is -0.314 e. The lowest BCUT2D eigenvalue weighted by Crippen LogP contribution is -2.49. The van der Waals surface area contributed by atoms with E-state index in [9.17, 15) is 10.1 Å². The van der Waals surface area contributed by atoms with E-state index in [1.807, 2.05) is 0 Å². The van der Waals surface area contributed by atoms with Crippen molar-refractivity contribution >= 4 is 29.7 Å². The molecular formula is C12H17Cl2N3O2. The van der Waals surface area contributed by atoms with E-state index in [2.05, 4.69) is 17.1 Å². The lowest BCUT2D eigenvalue weighted by atomic mass is 10.1. The highest BCUT2D eigenvalue weighted by atomic mass is 35.5. The molecule has 1 aliphatic rings. The molecule has 2 rings (SSSR count). The Morgan fingerprint density at radius 1 is 1.58 bits per heavy atom. The predicted molar refractivity (Wildman–Crippen MR) is 78.1 cm³/mol. The number of nitrogens with one attached hydrogen (secondary N) is 1. The maximum absolute atomic E-state index is 10.7. The van der Waals surface area contributed by atoms with E-state index in [1.165, 1.54) is 6.07 Å². The van der Waals surface area contributed by atoms with Gasteiger partial charge in [0.2, 0.25) is 0 Å². The number of nitro groups is 1. The summed E-state index contributed by atoms with van der Waals surface area (Å²) in [4.78, 5) is 12.6. The quantitative estimate of drug-likeness (QED) is 0.688. The molecular weight excluding hydrogens is 289 g/mol. The van der Waals surface area contributed by atoms with E-state index in [-0.39, 0.29) is 23.1 Å². The number of nitro benzene ring substituents is 1. The minimum atomic E-state index is -0.459. The van der Waals surface area contributed by atoms with Crippen molar-refractivity contribution in [2.75, 3.05) is 19.6 Å². The smallest absolute Gasteiger partial charge is 0.287 e. The standard InChI is InChI=1S/C12H16ClN3O2.ClH/c1-9-7-14-4-5-15(9)8-10-2-3-12(16(17)18)11(13)6-10;/h2-3,6,9,14H,4-5,7-8H2,1H3;1H/t9-;/m0./s1. The fraction of sp³-hybridized carbons (Fsp3) is 0.500. The van der Waals surface area contributed by atoms with Crippen LogP contribution in [0.5, 0.6) is 0 Å². The van der Waals surface area contributed by atoms with Crippen LogP contribution in [0.15, 0.2) is 18.2 Å². The van der Waals surface area contributed by atoms with E-state index >= 15 is 0 Å². The zero-order chi connectivity index (χ0) is 13.1. The Kier molecular flexibility index (Phi) is 6.00. The van der Waals surface area contributed by atoms with Gasteiger partial charge in [-0.25, -0.2) is 0 Å². The maximum Gasteiger partial charge on any atom is 0.287 e. The maximum atomic E-state index is 10.7. The summed E-state index contributed by atoms with van der Waals surface area (Å²) in [6, 6.07) is 5.41. The first-order valence-electron chi connectivity index (χ1n) is 5.95. The van der Waals surface area contributed by atoms with Gasteiger partial charge in [-0.15, -0.1) is 12.4 Å². The lowest BCUT2D eigenvalue weighted by Gasteiger charge is -2.33. The van der Waals surface area contributed by atoms with Gasteiger partial charge >= 0.3 is 0 Å². The second kappa shape index (κ2) is 7.05. The Hall–Kier alpha value is -0.880. The Balaban J connectivity index is 0.00000180. The zero-order valence-electron chi connectivity index (χ0n) is 10.6. The van der Waals surface area contributed by atoms with Gasteiger partial charge in [-0.2, -0.15) is 0 Å². The van der Waals surface area contributed by atoms with E-state index in [1.54, 1.807) is 12.1 Å². The van der Waals surface area contributed by atoms with Crippen LogP contribution in [0, 0.1) is 10.1 Å². The Bertz CT molecular complexity index is 457. The van der Waals surface area contributed by atoms with Crippen LogP contribution in [-0.4, -0.2) is 35.5 Å². The van der Waals surface area contributed by atoms with Crippen LogP contribution in [0.2, 0.25) is 5.02 Å². The summed E-state index contributed by atoms with van der Waals surface area (Å²) in [5.41, 5.74) is 0.980. The summed E-state index contributed by atoms with van der Waals surface area (Å²) in [7, 11) is 0. The number of piperazine rings is 1. The van der Waals surface area contributed by atoms with Crippen molar-refractivity contribution < 1.29 is 4.92 Å². The second-order valence-corrected chi connectivity index (χ2v) is 4.97. The number of benzene rings is 1. The third-order valence-corrected chi connectivity index (χ3v) is 3.54. The normalized spacial score (nSPS) is 19.8. The predicted octanol–water partition coefficient (Wildman–Crippen LogP) is 2.46. The molecule has 0 bridgehead atoms. The number of rotatable bonds is 3. The van der Waals surface area contributed by atoms with Gasteiger partial charge in [0.1, 0.15) is 5.02 Å². The van der Waals surface area contributed by atoms with E-state index < -0.39 is 4.92 Å². The highest BCUT2D eigenvalue weighted by Crippen LogP contribution is 2.25. The molecule has 1 heterocycles. The molecule has 7 heteroatoms. The summed E-state index contributed by atoms with van der Waals surface area (Å²) < 4.78 is 0. The average Bonchev–Trinajstić information content (AvgIpc) is 2.32. The van der Waals surface area contributed by atoms with Gasteiger partial charge in [0.25, 0.3) is 5.69 Å². The number of hydrogen-bond acceptors (Lipinski definition) is 4. The topological polar surface area (TPSA) is 58.4 Å². The van der Waals surface area contributed by atoms with Crippen LogP contribution in [0.1, 0.15) is 12.5 Å². The molecule has 19 heavy (non-hydrogen) atoms. The highest BCUT2D eigenvalue weighted by molar-refractivity contribution is 6.32. The van der Waals surface area contributed by atoms with Crippen molar-refractivity contribution in [1.29, 1.82) is 0 Å². The summed E-state index contributed by atoms with van der Waals surface area (Å²) in [5, 5.41) is 14.2. The summed E-state index contributed by atoms with van der Waals surface area (Å²) >= 11 is 5.91. The van der Waals surface area contributed by atoms with Crippen molar-refractivity contribution in [3.63, 3.8) is 0 Å². The average molecular weight is 306 g/mol. The molecule has 5 nitrogen and oxygen atoms in total.